The van der Waals surface area contributed by atoms with Gasteiger partial charge < -0.3 is 4.74 Å². The largest absolute Gasteiger partial charge is 0.456 e. The molecule has 0 saturated heterocycles. The first kappa shape index (κ1) is 22.2. The third-order valence-electron chi connectivity index (χ3n) is 4.05. The van der Waals surface area contributed by atoms with E-state index in [1.807, 2.05) is 30.3 Å². The molecule has 0 atom stereocenters. The number of benzene rings is 2. The van der Waals surface area contributed by atoms with Crippen LogP contribution >= 0.6 is 11.3 Å². The van der Waals surface area contributed by atoms with Crippen LogP contribution in [0.1, 0.15) is 23.7 Å². The molecule has 0 aliphatic carbocycles. The van der Waals surface area contributed by atoms with E-state index in [4.69, 9.17) is 4.74 Å². The van der Waals surface area contributed by atoms with E-state index >= 15 is 0 Å². The van der Waals surface area contributed by atoms with E-state index in [1.54, 1.807) is 11.5 Å². The first-order valence-corrected chi connectivity index (χ1v) is 9.94. The monoisotopic (exact) mass is 446 g/mol. The topological polar surface area (TPSA) is 59.5 Å². The maximum Gasteiger partial charge on any atom is 0.416 e. The number of halogens is 3. The summed E-state index contributed by atoms with van der Waals surface area (Å²) in [6, 6.07) is 13.6. The first-order chi connectivity index (χ1) is 14.7. The van der Waals surface area contributed by atoms with E-state index in [0.29, 0.717) is 5.69 Å². The summed E-state index contributed by atoms with van der Waals surface area (Å²) in [5.74, 6) is -1.07. The average molecular weight is 446 g/mol. The normalized spacial score (nSPS) is 11.5. The quantitative estimate of drug-likeness (QED) is 0.365. The van der Waals surface area contributed by atoms with Gasteiger partial charge in [-0.15, -0.1) is 11.3 Å². The number of thiazole rings is 1. The number of rotatable bonds is 6. The van der Waals surface area contributed by atoms with Crippen LogP contribution < -0.4 is 4.90 Å². The van der Waals surface area contributed by atoms with Gasteiger partial charge in [-0.3, -0.25) is 9.69 Å². The van der Waals surface area contributed by atoms with Crippen molar-refractivity contribution in [2.75, 3.05) is 4.90 Å². The zero-order valence-corrected chi connectivity index (χ0v) is 17.1. The van der Waals surface area contributed by atoms with Crippen LogP contribution in [0.4, 0.5) is 24.0 Å². The Balaban J connectivity index is 1.70. The zero-order valence-electron chi connectivity index (χ0n) is 16.3. The van der Waals surface area contributed by atoms with Gasteiger partial charge in [0.1, 0.15) is 6.61 Å². The molecule has 3 rings (SSSR count). The molecule has 0 radical (unpaired) electrons. The third kappa shape index (κ3) is 6.02. The summed E-state index contributed by atoms with van der Waals surface area (Å²) >= 11 is 1.06. The second-order valence-electron chi connectivity index (χ2n) is 6.38. The standard InChI is InChI=1S/C22H17F3N2O3S/c1-15(28)27(19-9-5-8-17(12-19)22(23,24)25)21-26-18(14-31-21)13-30-20(29)11-10-16-6-3-2-4-7-16/h2-12,14H,13H2,1H3/b11-10+. The number of esters is 1. The van der Waals surface area contributed by atoms with Gasteiger partial charge >= 0.3 is 12.1 Å². The van der Waals surface area contributed by atoms with Crippen LogP contribution in [-0.4, -0.2) is 16.9 Å². The summed E-state index contributed by atoms with van der Waals surface area (Å²) in [6.45, 7) is 1.10. The summed E-state index contributed by atoms with van der Waals surface area (Å²) in [5, 5.41) is 1.75. The van der Waals surface area contributed by atoms with Gasteiger partial charge in [0.25, 0.3) is 0 Å². The number of amides is 1. The lowest BCUT2D eigenvalue weighted by atomic mass is 10.2. The maximum absolute atomic E-state index is 13.0. The molecule has 2 aromatic carbocycles. The van der Waals surface area contributed by atoms with Crippen molar-refractivity contribution in [3.63, 3.8) is 0 Å². The van der Waals surface area contributed by atoms with Crippen molar-refractivity contribution in [1.29, 1.82) is 0 Å². The molecule has 0 fully saturated rings. The van der Waals surface area contributed by atoms with Crippen LogP contribution in [0.3, 0.4) is 0 Å². The molecule has 0 bridgehead atoms. The number of ether oxygens (including phenoxy) is 1. The fourth-order valence-electron chi connectivity index (χ4n) is 2.64. The van der Waals surface area contributed by atoms with E-state index in [1.165, 1.54) is 25.1 Å². The maximum atomic E-state index is 13.0. The van der Waals surface area contributed by atoms with Gasteiger partial charge in [-0.25, -0.2) is 9.78 Å². The molecule has 31 heavy (non-hydrogen) atoms. The van der Waals surface area contributed by atoms with Gasteiger partial charge in [0.2, 0.25) is 5.91 Å². The molecular formula is C22H17F3N2O3S. The molecule has 5 nitrogen and oxygen atoms in total. The summed E-state index contributed by atoms with van der Waals surface area (Å²) < 4.78 is 44.2. The highest BCUT2D eigenvalue weighted by atomic mass is 32.1. The molecule has 0 N–H and O–H groups in total. The van der Waals surface area contributed by atoms with Crippen molar-refractivity contribution in [2.45, 2.75) is 19.7 Å². The van der Waals surface area contributed by atoms with Crippen LogP contribution in [0.15, 0.2) is 66.1 Å². The molecule has 1 heterocycles. The molecule has 0 saturated carbocycles. The van der Waals surface area contributed by atoms with Crippen LogP contribution in [0.2, 0.25) is 0 Å². The van der Waals surface area contributed by atoms with Gasteiger partial charge in [-0.2, -0.15) is 13.2 Å². The van der Waals surface area contributed by atoms with Gasteiger partial charge in [-0.1, -0.05) is 36.4 Å². The minimum Gasteiger partial charge on any atom is -0.456 e. The number of aromatic nitrogens is 1. The van der Waals surface area contributed by atoms with E-state index in [2.05, 4.69) is 4.98 Å². The molecule has 160 valence electrons. The Kier molecular flexibility index (Phi) is 6.86. The third-order valence-corrected chi connectivity index (χ3v) is 4.93. The molecule has 0 aliphatic heterocycles. The van der Waals surface area contributed by atoms with Gasteiger partial charge in [-0.05, 0) is 29.8 Å². The second kappa shape index (κ2) is 9.57. The van der Waals surface area contributed by atoms with Gasteiger partial charge in [0.05, 0.1) is 16.9 Å². The van der Waals surface area contributed by atoms with E-state index < -0.39 is 23.6 Å². The molecule has 0 unspecified atom stereocenters. The fraction of sp³-hybridized carbons (Fsp3) is 0.136. The Morgan fingerprint density at radius 1 is 1.13 bits per heavy atom. The van der Waals surface area contributed by atoms with Crippen LogP contribution in [-0.2, 0) is 27.1 Å². The van der Waals surface area contributed by atoms with Crippen molar-refractivity contribution in [3.05, 3.63) is 82.9 Å². The number of anilines is 2. The van der Waals surface area contributed by atoms with Crippen molar-refractivity contribution < 1.29 is 27.5 Å². The second-order valence-corrected chi connectivity index (χ2v) is 7.21. The molecule has 1 amide bonds. The smallest absolute Gasteiger partial charge is 0.416 e. The summed E-state index contributed by atoms with van der Waals surface area (Å²) in [7, 11) is 0. The van der Waals surface area contributed by atoms with Crippen LogP contribution in [0, 0.1) is 0 Å². The Hall–Kier alpha value is -3.46. The van der Waals surface area contributed by atoms with Gasteiger partial charge in [0.15, 0.2) is 5.13 Å². The predicted octanol–water partition coefficient (Wildman–Crippen LogP) is 5.60. The highest BCUT2D eigenvalue weighted by Crippen LogP contribution is 2.35. The minimum atomic E-state index is -4.53. The molecular weight excluding hydrogens is 429 g/mol. The molecule has 0 spiro atoms. The Bertz CT molecular complexity index is 1090. The first-order valence-electron chi connectivity index (χ1n) is 9.06. The Labute approximate surface area is 180 Å². The molecule has 0 aliphatic rings. The molecule has 3 aromatic rings. The summed E-state index contributed by atoms with van der Waals surface area (Å²) in [5.41, 5.74) is 0.395. The lowest BCUT2D eigenvalue weighted by Crippen LogP contribution is -2.23. The number of nitrogens with zero attached hydrogens (tertiary/aromatic N) is 2. The number of hydrogen-bond acceptors (Lipinski definition) is 5. The van der Waals surface area contributed by atoms with Crippen molar-refractivity contribution in [3.8, 4) is 0 Å². The SMILES string of the molecule is CC(=O)N(c1cccc(C(F)(F)F)c1)c1nc(COC(=O)/C=C/c2ccccc2)cs1. The minimum absolute atomic E-state index is 0.0472. The fourth-order valence-corrected chi connectivity index (χ4v) is 3.51. The van der Waals surface area contributed by atoms with E-state index in [9.17, 15) is 22.8 Å². The van der Waals surface area contributed by atoms with Crippen LogP contribution in [0.25, 0.3) is 6.08 Å². The number of hydrogen-bond donors (Lipinski definition) is 0. The average Bonchev–Trinajstić information content (AvgIpc) is 3.19. The zero-order chi connectivity index (χ0) is 22.4. The summed E-state index contributed by atoms with van der Waals surface area (Å²) in [6.07, 6.45) is -1.64. The number of carbonyl (C=O) groups excluding carboxylic acids is 2. The number of carbonyl (C=O) groups is 2. The Morgan fingerprint density at radius 3 is 2.55 bits per heavy atom. The van der Waals surface area contributed by atoms with Gasteiger partial charge in [0, 0.05) is 18.4 Å². The molecule has 1 aromatic heterocycles. The highest BCUT2D eigenvalue weighted by molar-refractivity contribution is 7.14. The van der Waals surface area contributed by atoms with Crippen LogP contribution in [0.5, 0.6) is 0 Å². The highest BCUT2D eigenvalue weighted by Gasteiger charge is 2.31. The van der Waals surface area contributed by atoms with Crippen molar-refractivity contribution >= 4 is 40.1 Å². The van der Waals surface area contributed by atoms with Crippen molar-refractivity contribution in [1.82, 2.24) is 4.98 Å². The lowest BCUT2D eigenvalue weighted by Gasteiger charge is -2.19. The Morgan fingerprint density at radius 2 is 1.87 bits per heavy atom. The van der Waals surface area contributed by atoms with E-state index in [0.717, 1.165) is 33.9 Å². The molecule has 9 heteroatoms. The lowest BCUT2D eigenvalue weighted by molar-refractivity contribution is -0.139. The predicted molar refractivity (Wildman–Crippen MR) is 112 cm³/mol. The summed E-state index contributed by atoms with van der Waals surface area (Å²) in [4.78, 5) is 29.3. The van der Waals surface area contributed by atoms with Crippen molar-refractivity contribution in [2.24, 2.45) is 0 Å². The number of alkyl halides is 3. The van der Waals surface area contributed by atoms with E-state index in [-0.39, 0.29) is 17.4 Å².